The molecule has 0 heterocycles. The third-order valence-electron chi connectivity index (χ3n) is 1.74. The zero-order valence-corrected chi connectivity index (χ0v) is 8.90. The van der Waals surface area contributed by atoms with Gasteiger partial charge in [-0.2, -0.15) is 0 Å². The first-order valence-electron chi connectivity index (χ1n) is 3.90. The molecular weight excluding hydrogens is 237 g/mol. The van der Waals surface area contributed by atoms with Crippen LogP contribution >= 0.6 is 15.9 Å². The standard InChI is InChI=1S/C9H11BrFNO/c1-6-7(10)2-3-8(9(6)12)13-5-4-11/h2-3H,4-5,12H2,1H3. The van der Waals surface area contributed by atoms with E-state index in [1.54, 1.807) is 6.07 Å². The first-order chi connectivity index (χ1) is 6.16. The highest BCUT2D eigenvalue weighted by molar-refractivity contribution is 9.10. The van der Waals surface area contributed by atoms with Crippen molar-refractivity contribution in [3.8, 4) is 5.75 Å². The molecule has 0 aliphatic rings. The number of nitrogen functional groups attached to an aromatic ring is 1. The molecule has 0 saturated heterocycles. The summed E-state index contributed by atoms with van der Waals surface area (Å²) in [4.78, 5) is 0. The monoisotopic (exact) mass is 247 g/mol. The van der Waals surface area contributed by atoms with Crippen molar-refractivity contribution in [2.75, 3.05) is 19.0 Å². The highest BCUT2D eigenvalue weighted by atomic mass is 79.9. The SMILES string of the molecule is Cc1c(Br)ccc(OCCF)c1N. The van der Waals surface area contributed by atoms with E-state index in [1.165, 1.54) is 0 Å². The van der Waals surface area contributed by atoms with Gasteiger partial charge in [-0.25, -0.2) is 4.39 Å². The molecule has 0 spiro atoms. The topological polar surface area (TPSA) is 35.2 Å². The van der Waals surface area contributed by atoms with Crippen molar-refractivity contribution in [3.63, 3.8) is 0 Å². The molecule has 1 aromatic carbocycles. The van der Waals surface area contributed by atoms with Gasteiger partial charge in [-0.05, 0) is 24.6 Å². The van der Waals surface area contributed by atoms with Crippen LogP contribution in [0.1, 0.15) is 5.56 Å². The molecule has 1 rings (SSSR count). The zero-order chi connectivity index (χ0) is 9.84. The minimum Gasteiger partial charge on any atom is -0.489 e. The number of halogens is 2. The molecule has 0 fully saturated rings. The number of ether oxygens (including phenoxy) is 1. The van der Waals surface area contributed by atoms with Crippen LogP contribution in [0.25, 0.3) is 0 Å². The van der Waals surface area contributed by atoms with Crippen LogP contribution in [0.15, 0.2) is 16.6 Å². The van der Waals surface area contributed by atoms with E-state index >= 15 is 0 Å². The molecule has 0 saturated carbocycles. The fourth-order valence-corrected chi connectivity index (χ4v) is 1.30. The minimum atomic E-state index is -0.505. The van der Waals surface area contributed by atoms with Crippen molar-refractivity contribution in [2.45, 2.75) is 6.92 Å². The predicted molar refractivity (Wildman–Crippen MR) is 54.8 cm³/mol. The van der Waals surface area contributed by atoms with Crippen molar-refractivity contribution in [2.24, 2.45) is 0 Å². The van der Waals surface area contributed by atoms with Gasteiger partial charge >= 0.3 is 0 Å². The molecule has 0 atom stereocenters. The maximum atomic E-state index is 11.8. The first-order valence-corrected chi connectivity index (χ1v) is 4.69. The van der Waals surface area contributed by atoms with Gasteiger partial charge in [0.2, 0.25) is 0 Å². The van der Waals surface area contributed by atoms with E-state index in [0.29, 0.717) is 11.4 Å². The van der Waals surface area contributed by atoms with E-state index in [0.717, 1.165) is 10.0 Å². The number of alkyl halides is 1. The maximum absolute atomic E-state index is 11.8. The van der Waals surface area contributed by atoms with Crippen LogP contribution < -0.4 is 10.5 Å². The van der Waals surface area contributed by atoms with E-state index in [-0.39, 0.29) is 6.61 Å². The Morgan fingerprint density at radius 3 is 2.85 bits per heavy atom. The van der Waals surface area contributed by atoms with Gasteiger partial charge in [0, 0.05) is 4.47 Å². The van der Waals surface area contributed by atoms with Crippen LogP contribution in [0, 0.1) is 6.92 Å². The lowest BCUT2D eigenvalue weighted by atomic mass is 10.2. The summed E-state index contributed by atoms with van der Waals surface area (Å²) in [6, 6.07) is 3.56. The fourth-order valence-electron chi connectivity index (χ4n) is 0.951. The molecule has 1 aromatic rings. The Kier molecular flexibility index (Phi) is 3.54. The second-order valence-corrected chi connectivity index (χ2v) is 3.48. The average molecular weight is 248 g/mol. The smallest absolute Gasteiger partial charge is 0.142 e. The van der Waals surface area contributed by atoms with Crippen LogP contribution in [0.3, 0.4) is 0 Å². The van der Waals surface area contributed by atoms with Gasteiger partial charge in [0.15, 0.2) is 0 Å². The Labute approximate surface area is 85.0 Å². The van der Waals surface area contributed by atoms with Gasteiger partial charge in [0.1, 0.15) is 19.0 Å². The van der Waals surface area contributed by atoms with Crippen molar-refractivity contribution in [1.29, 1.82) is 0 Å². The molecule has 72 valence electrons. The molecule has 0 amide bonds. The molecule has 13 heavy (non-hydrogen) atoms. The largest absolute Gasteiger partial charge is 0.489 e. The van der Waals surface area contributed by atoms with Crippen LogP contribution in [0.5, 0.6) is 5.75 Å². The Bertz CT molecular complexity index is 304. The van der Waals surface area contributed by atoms with E-state index in [9.17, 15) is 4.39 Å². The van der Waals surface area contributed by atoms with E-state index < -0.39 is 6.67 Å². The van der Waals surface area contributed by atoms with E-state index in [2.05, 4.69) is 15.9 Å². The number of hydrogen-bond acceptors (Lipinski definition) is 2. The summed E-state index contributed by atoms with van der Waals surface area (Å²) in [5, 5.41) is 0. The van der Waals surface area contributed by atoms with Crippen LogP contribution in [-0.2, 0) is 0 Å². The minimum absolute atomic E-state index is 0.0469. The van der Waals surface area contributed by atoms with Gasteiger partial charge in [0.05, 0.1) is 5.69 Å². The molecule has 4 heteroatoms. The average Bonchev–Trinajstić information content (AvgIpc) is 2.13. The third-order valence-corrected chi connectivity index (χ3v) is 2.60. The molecule has 0 radical (unpaired) electrons. The summed E-state index contributed by atoms with van der Waals surface area (Å²) < 4.78 is 17.8. The second-order valence-electron chi connectivity index (χ2n) is 2.62. The molecular formula is C9H11BrFNO. The van der Waals surface area contributed by atoms with Gasteiger partial charge in [-0.1, -0.05) is 15.9 Å². The van der Waals surface area contributed by atoms with Crippen molar-refractivity contribution >= 4 is 21.6 Å². The van der Waals surface area contributed by atoms with Crippen molar-refractivity contribution < 1.29 is 9.13 Å². The summed E-state index contributed by atoms with van der Waals surface area (Å²) in [5.74, 6) is 0.540. The van der Waals surface area contributed by atoms with Crippen LogP contribution in [0.4, 0.5) is 10.1 Å². The highest BCUT2D eigenvalue weighted by Crippen LogP contribution is 2.30. The van der Waals surface area contributed by atoms with Gasteiger partial charge in [0.25, 0.3) is 0 Å². The normalized spacial score (nSPS) is 10.1. The molecule has 0 aliphatic carbocycles. The first kappa shape index (κ1) is 10.3. The highest BCUT2D eigenvalue weighted by Gasteiger charge is 2.05. The molecule has 0 unspecified atom stereocenters. The molecule has 0 aliphatic heterocycles. The number of hydrogen-bond donors (Lipinski definition) is 1. The summed E-state index contributed by atoms with van der Waals surface area (Å²) in [7, 11) is 0. The summed E-state index contributed by atoms with van der Waals surface area (Å²) in [6.45, 7) is 1.42. The van der Waals surface area contributed by atoms with E-state index in [4.69, 9.17) is 10.5 Å². The number of anilines is 1. The summed E-state index contributed by atoms with van der Waals surface area (Å²) in [5.41, 5.74) is 7.22. The maximum Gasteiger partial charge on any atom is 0.142 e. The summed E-state index contributed by atoms with van der Waals surface area (Å²) in [6.07, 6.45) is 0. The Morgan fingerprint density at radius 1 is 1.54 bits per heavy atom. The molecule has 2 nitrogen and oxygen atoms in total. The molecule has 0 aromatic heterocycles. The van der Waals surface area contributed by atoms with Crippen molar-refractivity contribution in [3.05, 3.63) is 22.2 Å². The Morgan fingerprint density at radius 2 is 2.23 bits per heavy atom. The Hall–Kier alpha value is -0.770. The second kappa shape index (κ2) is 4.46. The zero-order valence-electron chi connectivity index (χ0n) is 7.31. The quantitative estimate of drug-likeness (QED) is 0.834. The van der Waals surface area contributed by atoms with Gasteiger partial charge < -0.3 is 10.5 Å². The lowest BCUT2D eigenvalue weighted by Crippen LogP contribution is -2.02. The Balaban J connectivity index is 2.90. The van der Waals surface area contributed by atoms with Crippen molar-refractivity contribution in [1.82, 2.24) is 0 Å². The van der Waals surface area contributed by atoms with Crippen LogP contribution in [-0.4, -0.2) is 13.3 Å². The fraction of sp³-hybridized carbons (Fsp3) is 0.333. The lowest BCUT2D eigenvalue weighted by Gasteiger charge is -2.10. The van der Waals surface area contributed by atoms with Gasteiger partial charge in [-0.15, -0.1) is 0 Å². The molecule has 2 N–H and O–H groups in total. The third kappa shape index (κ3) is 2.34. The predicted octanol–water partition coefficient (Wildman–Crippen LogP) is 2.69. The van der Waals surface area contributed by atoms with Gasteiger partial charge in [-0.3, -0.25) is 0 Å². The number of nitrogens with two attached hydrogens (primary N) is 1. The van der Waals surface area contributed by atoms with Crippen LogP contribution in [0.2, 0.25) is 0 Å². The lowest BCUT2D eigenvalue weighted by molar-refractivity contribution is 0.274. The number of rotatable bonds is 3. The number of benzene rings is 1. The summed E-state index contributed by atoms with van der Waals surface area (Å²) >= 11 is 3.34. The van der Waals surface area contributed by atoms with E-state index in [1.807, 2.05) is 13.0 Å². The molecule has 0 bridgehead atoms.